The van der Waals surface area contributed by atoms with Gasteiger partial charge in [0.2, 0.25) is 0 Å². The summed E-state index contributed by atoms with van der Waals surface area (Å²) in [6.07, 6.45) is -2.14. The van der Waals surface area contributed by atoms with E-state index in [0.29, 0.717) is 38.3 Å². The molecular weight excluding hydrogens is 547 g/mol. The highest BCUT2D eigenvalue weighted by Gasteiger charge is 2.29. The van der Waals surface area contributed by atoms with Gasteiger partial charge in [-0.2, -0.15) is 13.2 Å². The standard InChI is InChI=1S/C32H38F3N3O4/c1-23(36-15-17-41-28-10-5-6-11-29(28)42-22-32(33,34)35)18-25-19-26-12-14-37-30(26)27(20-25)31(39)38-13-7-16-40-21-24-8-3-2-4-9-24/h2-6,8-11,19-20,23,36-37H,7,12-18,21-22H2,1H3,(H,38,39)/t23-/m1/s1. The zero-order valence-corrected chi connectivity index (χ0v) is 23.8. The molecule has 1 aliphatic rings. The Balaban J connectivity index is 1.22. The Kier molecular flexibility index (Phi) is 11.5. The molecule has 10 heteroatoms. The number of anilines is 1. The normalized spacial score (nSPS) is 13.2. The molecule has 3 N–H and O–H groups in total. The van der Waals surface area contributed by atoms with Crippen molar-refractivity contribution >= 4 is 11.6 Å². The van der Waals surface area contributed by atoms with Gasteiger partial charge < -0.3 is 30.2 Å². The van der Waals surface area contributed by atoms with Gasteiger partial charge in [0.05, 0.1) is 17.9 Å². The second-order valence-corrected chi connectivity index (χ2v) is 10.3. The number of fused-ring (bicyclic) bond motifs is 1. The summed E-state index contributed by atoms with van der Waals surface area (Å²) in [4.78, 5) is 13.1. The maximum Gasteiger partial charge on any atom is 0.422 e. The lowest BCUT2D eigenvalue weighted by molar-refractivity contribution is -0.153. The van der Waals surface area contributed by atoms with Crippen molar-refractivity contribution in [3.8, 4) is 11.5 Å². The predicted octanol–water partition coefficient (Wildman–Crippen LogP) is 5.53. The van der Waals surface area contributed by atoms with Gasteiger partial charge in [0.25, 0.3) is 5.91 Å². The fourth-order valence-electron chi connectivity index (χ4n) is 4.77. The van der Waals surface area contributed by atoms with Gasteiger partial charge in [-0.1, -0.05) is 48.5 Å². The molecule has 3 aromatic carbocycles. The molecule has 1 atom stereocenters. The molecule has 0 fully saturated rings. The van der Waals surface area contributed by atoms with Crippen molar-refractivity contribution < 1.29 is 32.2 Å². The first-order valence-electron chi connectivity index (χ1n) is 14.2. The van der Waals surface area contributed by atoms with Crippen molar-refractivity contribution in [1.82, 2.24) is 10.6 Å². The lowest BCUT2D eigenvalue weighted by Crippen LogP contribution is -2.32. The molecule has 42 heavy (non-hydrogen) atoms. The molecule has 0 spiro atoms. The van der Waals surface area contributed by atoms with Gasteiger partial charge in [0.15, 0.2) is 18.1 Å². The fraction of sp³-hybridized carbons (Fsp3) is 0.406. The third kappa shape index (κ3) is 9.95. The number of carbonyl (C=O) groups is 1. The summed E-state index contributed by atoms with van der Waals surface area (Å²) < 4.78 is 53.8. The Morgan fingerprint density at radius 3 is 2.45 bits per heavy atom. The molecule has 0 aliphatic carbocycles. The van der Waals surface area contributed by atoms with Gasteiger partial charge in [-0.25, -0.2) is 0 Å². The minimum atomic E-state index is -4.42. The Morgan fingerprint density at radius 1 is 0.952 bits per heavy atom. The number of nitrogens with one attached hydrogen (secondary N) is 3. The molecule has 0 radical (unpaired) electrons. The quantitative estimate of drug-likeness (QED) is 0.192. The molecule has 1 aliphatic heterocycles. The van der Waals surface area contributed by atoms with Crippen LogP contribution in [-0.2, 0) is 24.2 Å². The fourth-order valence-corrected chi connectivity index (χ4v) is 4.77. The second-order valence-electron chi connectivity index (χ2n) is 10.3. The first kappa shape index (κ1) is 31.2. The highest BCUT2D eigenvalue weighted by atomic mass is 19.4. The molecule has 226 valence electrons. The van der Waals surface area contributed by atoms with Crippen LogP contribution in [0, 0.1) is 0 Å². The molecule has 1 heterocycles. The van der Waals surface area contributed by atoms with Gasteiger partial charge in [-0.05, 0) is 61.1 Å². The first-order chi connectivity index (χ1) is 20.3. The largest absolute Gasteiger partial charge is 0.488 e. The van der Waals surface area contributed by atoms with Crippen LogP contribution >= 0.6 is 0 Å². The molecule has 1 amide bonds. The van der Waals surface area contributed by atoms with E-state index in [2.05, 4.69) is 22.0 Å². The van der Waals surface area contributed by atoms with Crippen LogP contribution in [0.25, 0.3) is 0 Å². The van der Waals surface area contributed by atoms with Gasteiger partial charge >= 0.3 is 6.18 Å². The topological polar surface area (TPSA) is 80.9 Å². The number of hydrogen-bond acceptors (Lipinski definition) is 6. The third-order valence-corrected chi connectivity index (χ3v) is 6.72. The number of amides is 1. The molecule has 4 rings (SSSR count). The predicted molar refractivity (Wildman–Crippen MR) is 156 cm³/mol. The monoisotopic (exact) mass is 585 g/mol. The first-order valence-corrected chi connectivity index (χ1v) is 14.2. The van der Waals surface area contributed by atoms with Crippen LogP contribution < -0.4 is 25.4 Å². The van der Waals surface area contributed by atoms with E-state index in [1.165, 1.54) is 6.07 Å². The number of hydrogen-bond donors (Lipinski definition) is 3. The smallest absolute Gasteiger partial charge is 0.422 e. The molecule has 0 bridgehead atoms. The number of para-hydroxylation sites is 2. The molecular formula is C32H38F3N3O4. The number of carbonyl (C=O) groups excluding carboxylic acids is 1. The van der Waals surface area contributed by atoms with Crippen LogP contribution in [0.4, 0.5) is 18.9 Å². The van der Waals surface area contributed by atoms with Crippen molar-refractivity contribution in [2.45, 2.75) is 45.0 Å². The summed E-state index contributed by atoms with van der Waals surface area (Å²) >= 11 is 0. The lowest BCUT2D eigenvalue weighted by atomic mass is 9.98. The number of halogens is 3. The number of rotatable bonds is 16. The number of benzene rings is 3. The van der Waals surface area contributed by atoms with Crippen molar-refractivity contribution in [2.75, 3.05) is 44.8 Å². The molecule has 3 aromatic rings. The lowest BCUT2D eigenvalue weighted by Gasteiger charge is -2.18. The van der Waals surface area contributed by atoms with E-state index in [1.54, 1.807) is 18.2 Å². The van der Waals surface area contributed by atoms with Gasteiger partial charge in [-0.15, -0.1) is 0 Å². The summed E-state index contributed by atoms with van der Waals surface area (Å²) in [5.41, 5.74) is 4.86. The Hall–Kier alpha value is -3.76. The van der Waals surface area contributed by atoms with Crippen LogP contribution in [0.15, 0.2) is 66.7 Å². The summed E-state index contributed by atoms with van der Waals surface area (Å²) in [6, 6.07) is 20.5. The molecule has 0 unspecified atom stereocenters. The van der Waals surface area contributed by atoms with Gasteiger partial charge in [0, 0.05) is 32.3 Å². The third-order valence-electron chi connectivity index (χ3n) is 6.72. The van der Waals surface area contributed by atoms with E-state index in [-0.39, 0.29) is 30.1 Å². The van der Waals surface area contributed by atoms with Gasteiger partial charge in [0.1, 0.15) is 6.61 Å². The van der Waals surface area contributed by atoms with E-state index in [0.717, 1.165) is 41.8 Å². The Morgan fingerprint density at radius 2 is 1.69 bits per heavy atom. The minimum absolute atomic E-state index is 0.0557. The van der Waals surface area contributed by atoms with Crippen molar-refractivity contribution in [1.29, 1.82) is 0 Å². The minimum Gasteiger partial charge on any atom is -0.488 e. The van der Waals surface area contributed by atoms with E-state index in [1.807, 2.05) is 43.3 Å². The zero-order chi connectivity index (χ0) is 29.8. The number of ether oxygens (including phenoxy) is 3. The van der Waals surface area contributed by atoms with Crippen LogP contribution in [0.2, 0.25) is 0 Å². The maximum atomic E-state index is 13.1. The average Bonchev–Trinajstić information content (AvgIpc) is 3.45. The summed E-state index contributed by atoms with van der Waals surface area (Å²) in [5.74, 6) is 0.215. The molecule has 0 saturated carbocycles. The molecule has 7 nitrogen and oxygen atoms in total. The summed E-state index contributed by atoms with van der Waals surface area (Å²) in [6.45, 7) is 3.85. The maximum absolute atomic E-state index is 13.1. The van der Waals surface area contributed by atoms with E-state index < -0.39 is 12.8 Å². The highest BCUT2D eigenvalue weighted by molar-refractivity contribution is 6.01. The highest BCUT2D eigenvalue weighted by Crippen LogP contribution is 2.30. The van der Waals surface area contributed by atoms with Crippen molar-refractivity contribution in [3.05, 3.63) is 89.0 Å². The second kappa shape index (κ2) is 15.5. The summed E-state index contributed by atoms with van der Waals surface area (Å²) in [7, 11) is 0. The number of alkyl halides is 3. The summed E-state index contributed by atoms with van der Waals surface area (Å²) in [5, 5.41) is 9.75. The molecule has 0 saturated heterocycles. The Labute approximate surface area is 244 Å². The van der Waals surface area contributed by atoms with Crippen molar-refractivity contribution in [2.24, 2.45) is 0 Å². The van der Waals surface area contributed by atoms with E-state index >= 15 is 0 Å². The SMILES string of the molecule is C[C@H](Cc1cc2c(c(C(=O)NCCCOCc3ccccc3)c1)NCC2)NCCOc1ccccc1OCC(F)(F)F. The van der Waals surface area contributed by atoms with Crippen LogP contribution in [0.5, 0.6) is 11.5 Å². The van der Waals surface area contributed by atoms with Crippen LogP contribution in [0.1, 0.15) is 40.4 Å². The molecule has 0 aromatic heterocycles. The van der Waals surface area contributed by atoms with Crippen LogP contribution in [-0.4, -0.2) is 57.6 Å². The van der Waals surface area contributed by atoms with Crippen LogP contribution in [0.3, 0.4) is 0 Å². The van der Waals surface area contributed by atoms with Gasteiger partial charge in [-0.3, -0.25) is 4.79 Å². The Bertz CT molecular complexity index is 1290. The van der Waals surface area contributed by atoms with E-state index in [9.17, 15) is 18.0 Å². The zero-order valence-electron chi connectivity index (χ0n) is 23.8. The average molecular weight is 586 g/mol. The van der Waals surface area contributed by atoms with Crippen molar-refractivity contribution in [3.63, 3.8) is 0 Å². The van der Waals surface area contributed by atoms with E-state index in [4.69, 9.17) is 14.2 Å².